The number of benzene rings is 1. The third-order valence-electron chi connectivity index (χ3n) is 4.31. The van der Waals surface area contributed by atoms with Crippen LogP contribution in [0.25, 0.3) is 0 Å². The molecular formula is C16H26Cl2N2O2. The Morgan fingerprint density at radius 3 is 2.41 bits per heavy atom. The highest BCUT2D eigenvalue weighted by atomic mass is 35.5. The fourth-order valence-electron chi connectivity index (χ4n) is 3.04. The van der Waals surface area contributed by atoms with Crippen molar-refractivity contribution in [3.63, 3.8) is 0 Å². The van der Waals surface area contributed by atoms with Gasteiger partial charge < -0.3 is 20.5 Å². The molecule has 0 aliphatic carbocycles. The smallest absolute Gasteiger partial charge is 0.142 e. The highest BCUT2D eigenvalue weighted by Gasteiger charge is 2.19. The Kier molecular flexibility index (Phi) is 8.33. The van der Waals surface area contributed by atoms with Crippen LogP contribution in [-0.2, 0) is 4.74 Å². The number of nitrogen functional groups attached to an aromatic ring is 1. The molecule has 22 heavy (non-hydrogen) atoms. The van der Waals surface area contributed by atoms with E-state index in [4.69, 9.17) is 15.2 Å². The first-order valence-electron chi connectivity index (χ1n) is 7.67. The summed E-state index contributed by atoms with van der Waals surface area (Å²) >= 11 is 0. The molecule has 0 unspecified atom stereocenters. The lowest BCUT2D eigenvalue weighted by atomic mass is 9.90. The maximum absolute atomic E-state index is 6.10. The summed E-state index contributed by atoms with van der Waals surface area (Å²) in [5, 5.41) is 3.41. The zero-order valence-corrected chi connectivity index (χ0v) is 14.4. The molecule has 2 saturated heterocycles. The zero-order chi connectivity index (χ0) is 13.8. The van der Waals surface area contributed by atoms with Crippen molar-refractivity contribution in [1.29, 1.82) is 0 Å². The van der Waals surface area contributed by atoms with E-state index >= 15 is 0 Å². The van der Waals surface area contributed by atoms with Gasteiger partial charge in [0.2, 0.25) is 0 Å². The van der Waals surface area contributed by atoms with E-state index in [1.165, 1.54) is 18.4 Å². The molecule has 3 rings (SSSR count). The average molecular weight is 349 g/mol. The molecule has 2 aliphatic rings. The molecule has 4 nitrogen and oxygen atoms in total. The fourth-order valence-corrected chi connectivity index (χ4v) is 3.04. The summed E-state index contributed by atoms with van der Waals surface area (Å²) in [6.45, 7) is 3.79. The molecule has 0 amide bonds. The largest absolute Gasteiger partial charge is 0.488 e. The quantitative estimate of drug-likeness (QED) is 0.824. The maximum Gasteiger partial charge on any atom is 0.142 e. The first-order valence-corrected chi connectivity index (χ1v) is 7.67. The number of rotatable bonds is 3. The monoisotopic (exact) mass is 348 g/mol. The van der Waals surface area contributed by atoms with E-state index in [0.29, 0.717) is 5.92 Å². The Labute approximate surface area is 144 Å². The van der Waals surface area contributed by atoms with Gasteiger partial charge in [-0.25, -0.2) is 0 Å². The number of hydrogen-bond donors (Lipinski definition) is 2. The van der Waals surface area contributed by atoms with Gasteiger partial charge >= 0.3 is 0 Å². The molecule has 0 spiro atoms. The third-order valence-corrected chi connectivity index (χ3v) is 4.31. The molecule has 1 aromatic carbocycles. The van der Waals surface area contributed by atoms with Crippen LogP contribution in [0.1, 0.15) is 37.2 Å². The van der Waals surface area contributed by atoms with Gasteiger partial charge in [0.05, 0.1) is 18.9 Å². The lowest BCUT2D eigenvalue weighted by molar-refractivity contribution is 0.0258. The lowest BCUT2D eigenvalue weighted by Crippen LogP contribution is -2.27. The van der Waals surface area contributed by atoms with Crippen LogP contribution in [0.4, 0.5) is 5.69 Å². The molecule has 2 fully saturated rings. The molecular weight excluding hydrogens is 323 g/mol. The van der Waals surface area contributed by atoms with E-state index in [9.17, 15) is 0 Å². The Morgan fingerprint density at radius 1 is 1.05 bits per heavy atom. The van der Waals surface area contributed by atoms with Crippen molar-refractivity contribution in [2.45, 2.75) is 37.7 Å². The summed E-state index contributed by atoms with van der Waals surface area (Å²) in [4.78, 5) is 0. The van der Waals surface area contributed by atoms with Gasteiger partial charge in [-0.3, -0.25) is 0 Å². The van der Waals surface area contributed by atoms with Crippen LogP contribution < -0.4 is 15.8 Å². The SMILES string of the molecule is Cl.Cl.Nc1ccc(C2CCNCC2)cc1OC1CCOCC1. The van der Waals surface area contributed by atoms with Crippen LogP contribution >= 0.6 is 24.8 Å². The molecule has 0 bridgehead atoms. The number of anilines is 1. The van der Waals surface area contributed by atoms with Gasteiger partial charge in [-0.1, -0.05) is 6.07 Å². The van der Waals surface area contributed by atoms with Gasteiger partial charge in [0.25, 0.3) is 0 Å². The predicted octanol–water partition coefficient (Wildman–Crippen LogP) is 3.14. The summed E-state index contributed by atoms with van der Waals surface area (Å²) in [6, 6.07) is 6.30. The van der Waals surface area contributed by atoms with Crippen molar-refractivity contribution in [1.82, 2.24) is 5.32 Å². The molecule has 0 atom stereocenters. The van der Waals surface area contributed by atoms with E-state index < -0.39 is 0 Å². The van der Waals surface area contributed by atoms with E-state index in [1.54, 1.807) is 0 Å². The van der Waals surface area contributed by atoms with Gasteiger partial charge in [0.1, 0.15) is 11.9 Å². The van der Waals surface area contributed by atoms with E-state index in [1.807, 2.05) is 6.07 Å². The number of ether oxygens (including phenoxy) is 2. The minimum atomic E-state index is 0. The Balaban J connectivity index is 0.00000121. The summed E-state index contributed by atoms with van der Waals surface area (Å²) in [6.07, 6.45) is 4.55. The van der Waals surface area contributed by atoms with Crippen LogP contribution in [0.3, 0.4) is 0 Å². The highest BCUT2D eigenvalue weighted by Crippen LogP contribution is 2.32. The molecule has 0 radical (unpaired) electrons. The summed E-state index contributed by atoms with van der Waals surface area (Å²) in [5.41, 5.74) is 8.18. The van der Waals surface area contributed by atoms with Crippen molar-refractivity contribution in [3.8, 4) is 5.75 Å². The number of hydrogen-bond acceptors (Lipinski definition) is 4. The summed E-state index contributed by atoms with van der Waals surface area (Å²) in [5.74, 6) is 1.49. The normalized spacial score (nSPS) is 19.8. The molecule has 126 valence electrons. The molecule has 3 N–H and O–H groups in total. The second-order valence-electron chi connectivity index (χ2n) is 5.75. The van der Waals surface area contributed by atoms with E-state index in [-0.39, 0.29) is 30.9 Å². The first kappa shape index (κ1) is 19.4. The fraction of sp³-hybridized carbons (Fsp3) is 0.625. The predicted molar refractivity (Wildman–Crippen MR) is 94.7 cm³/mol. The molecule has 1 aromatic rings. The Bertz CT molecular complexity index is 448. The van der Waals surface area contributed by atoms with Gasteiger partial charge in [-0.2, -0.15) is 0 Å². The minimum Gasteiger partial charge on any atom is -0.488 e. The summed E-state index contributed by atoms with van der Waals surface area (Å²) in [7, 11) is 0. The first-order chi connectivity index (χ1) is 9.83. The molecule has 2 heterocycles. The van der Waals surface area contributed by atoms with E-state index in [2.05, 4.69) is 17.4 Å². The van der Waals surface area contributed by atoms with Crippen molar-refractivity contribution in [2.75, 3.05) is 32.0 Å². The van der Waals surface area contributed by atoms with E-state index in [0.717, 1.165) is 50.6 Å². The molecule has 6 heteroatoms. The Morgan fingerprint density at radius 2 is 1.73 bits per heavy atom. The second kappa shape index (κ2) is 9.46. The zero-order valence-electron chi connectivity index (χ0n) is 12.8. The maximum atomic E-state index is 6.10. The van der Waals surface area contributed by atoms with Crippen LogP contribution in [0.15, 0.2) is 18.2 Å². The average Bonchev–Trinajstić information content (AvgIpc) is 2.51. The van der Waals surface area contributed by atoms with Gasteiger partial charge in [0.15, 0.2) is 0 Å². The van der Waals surface area contributed by atoms with Gasteiger partial charge in [-0.05, 0) is 49.5 Å². The van der Waals surface area contributed by atoms with Gasteiger partial charge in [-0.15, -0.1) is 24.8 Å². The van der Waals surface area contributed by atoms with Crippen LogP contribution in [0.2, 0.25) is 0 Å². The summed E-state index contributed by atoms with van der Waals surface area (Å²) < 4.78 is 11.5. The number of piperidine rings is 1. The van der Waals surface area contributed by atoms with Crippen molar-refractivity contribution in [2.24, 2.45) is 0 Å². The number of halogens is 2. The van der Waals surface area contributed by atoms with Crippen LogP contribution in [0.5, 0.6) is 5.75 Å². The molecule has 2 aliphatic heterocycles. The molecule has 0 saturated carbocycles. The van der Waals surface area contributed by atoms with Crippen LogP contribution in [-0.4, -0.2) is 32.4 Å². The van der Waals surface area contributed by atoms with Crippen molar-refractivity contribution < 1.29 is 9.47 Å². The number of nitrogens with one attached hydrogen (secondary N) is 1. The molecule has 0 aromatic heterocycles. The van der Waals surface area contributed by atoms with Gasteiger partial charge in [0, 0.05) is 12.8 Å². The second-order valence-corrected chi connectivity index (χ2v) is 5.75. The van der Waals surface area contributed by atoms with Crippen LogP contribution in [0, 0.1) is 0 Å². The minimum absolute atomic E-state index is 0. The standard InChI is InChI=1S/C16H24N2O2.2ClH/c17-15-2-1-13(12-3-7-18-8-4-12)11-16(15)20-14-5-9-19-10-6-14;;/h1-2,11-12,14,18H,3-10,17H2;2*1H. The van der Waals surface area contributed by atoms with Crippen molar-refractivity contribution in [3.05, 3.63) is 23.8 Å². The topological polar surface area (TPSA) is 56.5 Å². The third kappa shape index (κ3) is 4.92. The Hall–Kier alpha value is -0.680. The van der Waals surface area contributed by atoms with Crippen molar-refractivity contribution >= 4 is 30.5 Å². The number of nitrogens with two attached hydrogens (primary N) is 1. The lowest BCUT2D eigenvalue weighted by Gasteiger charge is -2.26. The highest BCUT2D eigenvalue weighted by molar-refractivity contribution is 5.85.